The van der Waals surface area contributed by atoms with E-state index in [0.717, 1.165) is 25.8 Å². The Kier molecular flexibility index (Phi) is 3.45. The molecular weight excluding hydrogens is 174 g/mol. The molecule has 14 heavy (non-hydrogen) atoms. The molecule has 82 valence electrons. The predicted octanol–water partition coefficient (Wildman–Crippen LogP) is 2.17. The summed E-state index contributed by atoms with van der Waals surface area (Å²) in [7, 11) is 0. The predicted molar refractivity (Wildman–Crippen MR) is 58.3 cm³/mol. The highest BCUT2D eigenvalue weighted by Crippen LogP contribution is 2.31. The van der Waals surface area contributed by atoms with Gasteiger partial charge in [0.05, 0.1) is 5.60 Å². The van der Waals surface area contributed by atoms with E-state index in [1.807, 2.05) is 0 Å². The third kappa shape index (κ3) is 2.71. The van der Waals surface area contributed by atoms with Crippen LogP contribution in [0.3, 0.4) is 0 Å². The first kappa shape index (κ1) is 10.4. The van der Waals surface area contributed by atoms with Crippen LogP contribution < -0.4 is 0 Å². The monoisotopic (exact) mass is 197 g/mol. The van der Waals surface area contributed by atoms with Crippen LogP contribution in [0.15, 0.2) is 0 Å². The number of hydrogen-bond acceptors (Lipinski definition) is 2. The van der Waals surface area contributed by atoms with Crippen molar-refractivity contribution in [1.29, 1.82) is 0 Å². The minimum absolute atomic E-state index is 0.305. The third-order valence-corrected chi connectivity index (χ3v) is 3.88. The lowest BCUT2D eigenvalue weighted by Crippen LogP contribution is -2.36. The van der Waals surface area contributed by atoms with Gasteiger partial charge in [-0.2, -0.15) is 0 Å². The standard InChI is InChI=1S/C12H23NO/c14-12(6-2-1-3-7-12)8-11-13-9-4-5-10-13/h14H,1-11H2. The van der Waals surface area contributed by atoms with Crippen LogP contribution in [0.25, 0.3) is 0 Å². The van der Waals surface area contributed by atoms with Gasteiger partial charge in [0, 0.05) is 6.54 Å². The second-order valence-corrected chi connectivity index (χ2v) is 5.08. The number of aliphatic hydroxyl groups is 1. The summed E-state index contributed by atoms with van der Waals surface area (Å²) in [6.07, 6.45) is 9.60. The van der Waals surface area contributed by atoms with E-state index in [4.69, 9.17) is 0 Å². The lowest BCUT2D eigenvalue weighted by atomic mass is 9.82. The van der Waals surface area contributed by atoms with Gasteiger partial charge < -0.3 is 10.0 Å². The zero-order valence-corrected chi connectivity index (χ0v) is 9.17. The molecule has 0 bridgehead atoms. The lowest BCUT2D eigenvalue weighted by Gasteiger charge is -2.33. The molecule has 0 aromatic heterocycles. The Morgan fingerprint density at radius 2 is 1.57 bits per heavy atom. The van der Waals surface area contributed by atoms with Gasteiger partial charge in [-0.3, -0.25) is 0 Å². The maximum absolute atomic E-state index is 10.3. The van der Waals surface area contributed by atoms with Gasteiger partial charge in [-0.15, -0.1) is 0 Å². The van der Waals surface area contributed by atoms with Crippen molar-refractivity contribution in [3.05, 3.63) is 0 Å². The first-order chi connectivity index (χ1) is 6.79. The van der Waals surface area contributed by atoms with Crippen molar-refractivity contribution in [2.75, 3.05) is 19.6 Å². The number of nitrogens with zero attached hydrogens (tertiary/aromatic N) is 1. The largest absolute Gasteiger partial charge is 0.390 e. The fourth-order valence-electron chi connectivity index (χ4n) is 2.83. The molecular formula is C12H23NO. The summed E-state index contributed by atoms with van der Waals surface area (Å²) in [5.74, 6) is 0. The van der Waals surface area contributed by atoms with E-state index in [0.29, 0.717) is 0 Å². The molecule has 2 rings (SSSR count). The van der Waals surface area contributed by atoms with Gasteiger partial charge >= 0.3 is 0 Å². The van der Waals surface area contributed by atoms with E-state index >= 15 is 0 Å². The van der Waals surface area contributed by atoms with E-state index in [1.54, 1.807) is 0 Å². The molecule has 0 aromatic carbocycles. The summed E-state index contributed by atoms with van der Waals surface area (Å²) >= 11 is 0. The summed E-state index contributed by atoms with van der Waals surface area (Å²) in [6, 6.07) is 0. The van der Waals surface area contributed by atoms with Gasteiger partial charge in [0.25, 0.3) is 0 Å². The number of rotatable bonds is 3. The molecule has 0 atom stereocenters. The molecule has 2 aliphatic rings. The topological polar surface area (TPSA) is 23.5 Å². The van der Waals surface area contributed by atoms with Gasteiger partial charge in [-0.1, -0.05) is 19.3 Å². The van der Waals surface area contributed by atoms with Gasteiger partial charge in [0.2, 0.25) is 0 Å². The molecule has 1 aliphatic carbocycles. The Hall–Kier alpha value is -0.0800. The average molecular weight is 197 g/mol. The highest BCUT2D eigenvalue weighted by Gasteiger charge is 2.29. The molecule has 1 saturated heterocycles. The fraction of sp³-hybridized carbons (Fsp3) is 1.00. The van der Waals surface area contributed by atoms with Crippen LogP contribution in [0.2, 0.25) is 0 Å². The average Bonchev–Trinajstić information content (AvgIpc) is 2.69. The summed E-state index contributed by atoms with van der Waals surface area (Å²) in [5, 5.41) is 10.3. The van der Waals surface area contributed by atoms with Crippen molar-refractivity contribution in [3.8, 4) is 0 Å². The molecule has 1 saturated carbocycles. The molecule has 1 N–H and O–H groups in total. The highest BCUT2D eigenvalue weighted by molar-refractivity contribution is 4.83. The number of hydrogen-bond donors (Lipinski definition) is 1. The molecule has 0 aromatic rings. The van der Waals surface area contributed by atoms with Crippen molar-refractivity contribution >= 4 is 0 Å². The Balaban J connectivity index is 1.72. The van der Waals surface area contributed by atoms with Crippen LogP contribution in [0.4, 0.5) is 0 Å². The Morgan fingerprint density at radius 1 is 0.929 bits per heavy atom. The van der Waals surface area contributed by atoms with Gasteiger partial charge in [0.1, 0.15) is 0 Å². The highest BCUT2D eigenvalue weighted by atomic mass is 16.3. The molecule has 2 heteroatoms. The molecule has 0 unspecified atom stereocenters. The van der Waals surface area contributed by atoms with Gasteiger partial charge in [-0.25, -0.2) is 0 Å². The van der Waals surface area contributed by atoms with Crippen LogP contribution in [0.5, 0.6) is 0 Å². The zero-order chi connectivity index (χ0) is 9.86. The molecule has 0 radical (unpaired) electrons. The molecule has 1 aliphatic heterocycles. The van der Waals surface area contributed by atoms with Gasteiger partial charge in [-0.05, 0) is 45.2 Å². The van der Waals surface area contributed by atoms with Gasteiger partial charge in [0.15, 0.2) is 0 Å². The third-order valence-electron chi connectivity index (χ3n) is 3.88. The summed E-state index contributed by atoms with van der Waals surface area (Å²) < 4.78 is 0. The van der Waals surface area contributed by atoms with Crippen LogP contribution in [-0.4, -0.2) is 35.2 Å². The Morgan fingerprint density at radius 3 is 2.21 bits per heavy atom. The lowest BCUT2D eigenvalue weighted by molar-refractivity contribution is -0.0100. The molecule has 0 spiro atoms. The van der Waals surface area contributed by atoms with Crippen LogP contribution in [0.1, 0.15) is 51.4 Å². The zero-order valence-electron chi connectivity index (χ0n) is 9.17. The SMILES string of the molecule is OC1(CCN2CCCC2)CCCCC1. The maximum Gasteiger partial charge on any atom is 0.0660 e. The molecule has 2 fully saturated rings. The molecule has 1 heterocycles. The normalized spacial score (nSPS) is 28.1. The summed E-state index contributed by atoms with van der Waals surface area (Å²) in [5.41, 5.74) is -0.305. The second-order valence-electron chi connectivity index (χ2n) is 5.08. The van der Waals surface area contributed by atoms with Crippen LogP contribution >= 0.6 is 0 Å². The van der Waals surface area contributed by atoms with E-state index in [2.05, 4.69) is 4.90 Å². The summed E-state index contributed by atoms with van der Waals surface area (Å²) in [4.78, 5) is 2.51. The maximum atomic E-state index is 10.3. The quantitative estimate of drug-likeness (QED) is 0.749. The second kappa shape index (κ2) is 4.63. The van der Waals surface area contributed by atoms with E-state index < -0.39 is 0 Å². The van der Waals surface area contributed by atoms with E-state index in [1.165, 1.54) is 45.2 Å². The van der Waals surface area contributed by atoms with Crippen molar-refractivity contribution in [2.45, 2.75) is 57.0 Å². The first-order valence-corrected chi connectivity index (χ1v) is 6.23. The van der Waals surface area contributed by atoms with Crippen molar-refractivity contribution in [1.82, 2.24) is 4.90 Å². The Labute approximate surface area is 87.3 Å². The minimum atomic E-state index is -0.305. The smallest absolute Gasteiger partial charge is 0.0660 e. The van der Waals surface area contributed by atoms with Crippen molar-refractivity contribution in [3.63, 3.8) is 0 Å². The minimum Gasteiger partial charge on any atom is -0.390 e. The Bertz CT molecular complexity index is 169. The first-order valence-electron chi connectivity index (χ1n) is 6.23. The van der Waals surface area contributed by atoms with Crippen molar-refractivity contribution in [2.24, 2.45) is 0 Å². The van der Waals surface area contributed by atoms with Crippen LogP contribution in [0, 0.1) is 0 Å². The summed E-state index contributed by atoms with van der Waals surface area (Å²) in [6.45, 7) is 3.64. The molecule has 0 amide bonds. The number of likely N-dealkylation sites (tertiary alicyclic amines) is 1. The van der Waals surface area contributed by atoms with Crippen molar-refractivity contribution < 1.29 is 5.11 Å². The fourth-order valence-corrected chi connectivity index (χ4v) is 2.83. The van der Waals surface area contributed by atoms with Crippen LogP contribution in [-0.2, 0) is 0 Å². The molecule has 2 nitrogen and oxygen atoms in total. The van der Waals surface area contributed by atoms with E-state index in [-0.39, 0.29) is 5.60 Å². The van der Waals surface area contributed by atoms with E-state index in [9.17, 15) is 5.11 Å².